The van der Waals surface area contributed by atoms with E-state index in [2.05, 4.69) is 37.7 Å². The van der Waals surface area contributed by atoms with Crippen LogP contribution in [0.5, 0.6) is 0 Å². The summed E-state index contributed by atoms with van der Waals surface area (Å²) in [5.41, 5.74) is 2.49. The van der Waals surface area contributed by atoms with E-state index >= 15 is 8.78 Å². The molecule has 4 heterocycles. The number of carboxylic acid groups (broad SMARTS) is 1. The third kappa shape index (κ3) is 20.3. The molecular formula is C68H88F2LiN7O15S. The van der Waals surface area contributed by atoms with Gasteiger partial charge >= 0.3 is 31.0 Å². The fourth-order valence-electron chi connectivity index (χ4n) is 12.7. The Kier molecular flexibility index (Phi) is 29.8. The monoisotopic (exact) mass is 1320 g/mol. The number of amides is 3. The van der Waals surface area contributed by atoms with Crippen molar-refractivity contribution in [3.05, 3.63) is 153 Å². The number of carbonyl (C=O) groups is 4. The molecular weight excluding hydrogens is 1230 g/mol. The van der Waals surface area contributed by atoms with Gasteiger partial charge in [0.05, 0.1) is 62.2 Å². The summed E-state index contributed by atoms with van der Waals surface area (Å²) >= 11 is 0. The number of nitrogens with one attached hydrogen (secondary N) is 4. The minimum Gasteiger partial charge on any atom is -0.550 e. The smallest absolute Gasteiger partial charge is 0.550 e. The van der Waals surface area contributed by atoms with Gasteiger partial charge in [0, 0.05) is 100 Å². The molecule has 0 bridgehead atoms. The average Bonchev–Trinajstić information content (AvgIpc) is 0.774. The number of alkyl carbamates (subject to hydrolysis) is 2. The summed E-state index contributed by atoms with van der Waals surface area (Å²) in [6.45, 7) is 9.20. The summed E-state index contributed by atoms with van der Waals surface area (Å²) in [4.78, 5) is 58.5. The number of para-hydroxylation sites is 1. The Morgan fingerprint density at radius 2 is 1.23 bits per heavy atom. The Morgan fingerprint density at radius 1 is 0.691 bits per heavy atom. The minimum atomic E-state index is -4.11. The second-order valence-corrected chi connectivity index (χ2v) is 25.5. The third-order valence-electron chi connectivity index (χ3n) is 17.6. The summed E-state index contributed by atoms with van der Waals surface area (Å²) in [5, 5.41) is 58.2. The number of rotatable bonds is 23. The molecule has 5 aromatic carbocycles. The number of carboxylic acids is 1. The molecule has 4 fully saturated rings. The van der Waals surface area contributed by atoms with Crippen molar-refractivity contribution < 1.29 is 94.4 Å². The predicted molar refractivity (Wildman–Crippen MR) is 343 cm³/mol. The second-order valence-electron chi connectivity index (χ2n) is 23.6. The molecule has 9 rings (SSSR count). The first-order chi connectivity index (χ1) is 44.7. The molecule has 4 saturated heterocycles. The van der Waals surface area contributed by atoms with Gasteiger partial charge in [0.2, 0.25) is 15.9 Å². The number of nitro benzene ring substituents is 1. The maximum Gasteiger partial charge on any atom is 1.00 e. The number of hydrogen-bond acceptors (Lipinski definition) is 17. The Morgan fingerprint density at radius 3 is 1.76 bits per heavy atom. The van der Waals surface area contributed by atoms with Crippen LogP contribution in [0.3, 0.4) is 0 Å². The van der Waals surface area contributed by atoms with Crippen molar-refractivity contribution in [2.24, 2.45) is 11.8 Å². The molecule has 0 spiro atoms. The van der Waals surface area contributed by atoms with Gasteiger partial charge in [0.25, 0.3) is 5.69 Å². The normalized spacial score (nSPS) is 19.6. The van der Waals surface area contributed by atoms with Gasteiger partial charge in [0.1, 0.15) is 11.6 Å². The van der Waals surface area contributed by atoms with E-state index in [1.807, 2.05) is 66.4 Å². The van der Waals surface area contributed by atoms with Crippen molar-refractivity contribution in [1.82, 2.24) is 30.5 Å². The van der Waals surface area contributed by atoms with Crippen molar-refractivity contribution >= 4 is 39.8 Å². The first-order valence-corrected chi connectivity index (χ1v) is 33.3. The van der Waals surface area contributed by atoms with E-state index in [-0.39, 0.29) is 81.1 Å². The number of piperidine rings is 2. The molecule has 4 aliphatic heterocycles. The number of sulfonamides is 1. The molecule has 0 aliphatic carbocycles. The first kappa shape index (κ1) is 76.1. The van der Waals surface area contributed by atoms with Crippen molar-refractivity contribution in [2.75, 3.05) is 92.9 Å². The van der Waals surface area contributed by atoms with Crippen LogP contribution < -0.4 is 45.2 Å². The van der Waals surface area contributed by atoms with Crippen LogP contribution in [0.15, 0.2) is 114 Å². The zero-order valence-corrected chi connectivity index (χ0v) is 55.2. The number of nitro groups is 1. The van der Waals surface area contributed by atoms with Crippen LogP contribution in [0, 0.1) is 33.6 Å². The number of morpholine rings is 2. The Bertz CT molecular complexity index is 3440. The molecule has 0 saturated carbocycles. The van der Waals surface area contributed by atoms with E-state index in [9.17, 15) is 53.0 Å². The first-order valence-electron chi connectivity index (χ1n) is 31.9. The molecule has 22 nitrogen and oxygen atoms in total. The van der Waals surface area contributed by atoms with Gasteiger partial charge in [-0.3, -0.25) is 14.9 Å². The standard InChI is InChI=1S/C31H42FN3O5.C25H33FN2O3.C12H14N2O7S.Li/c1-3-22-8-4-9-23(18-22)29-26(11-5-12-27(29)32)31(38,13-7-14-34-30(37)39-2)24-10-6-16-35(21-24)28(36)19-25-20-33-15-17-40-25;1-3-18-8-4-9-19(16-18)23-21(11-5-12-22(23)26)25(30,20-10-6-14-27-17-20)13-7-15-28-24(29)31-2;15-12(16)7-9-8-13(5-6-21-9)22(19,20)11-4-2-1-3-10(11)14(17)18;/h4-5,8-9,11-12,18,24-25,33,38H,3,6-7,10,13-17,19-21H2,1-2H3,(H,34,37);4-5,8-9,11-12,16,20,27,30H,3,6-7,10,13-15,17H2,1-2H3,(H,28,29);1-4,9H,5-8H2,(H,15,16);/q;;;+1/p-1/t24-,25?,31?;20-,25?;;/m11../s1. The summed E-state index contributed by atoms with van der Waals surface area (Å²) in [7, 11) is -1.48. The number of carbonyl (C=O) groups excluding carboxylic acids is 4. The Hall–Kier alpha value is -6.89. The molecule has 4 unspecified atom stereocenters. The van der Waals surface area contributed by atoms with Crippen LogP contribution in [-0.4, -0.2) is 162 Å². The van der Waals surface area contributed by atoms with Crippen molar-refractivity contribution in [3.63, 3.8) is 0 Å². The van der Waals surface area contributed by atoms with E-state index in [1.165, 1.54) is 38.5 Å². The van der Waals surface area contributed by atoms with E-state index in [1.54, 1.807) is 18.2 Å². The Balaban J connectivity index is 0.000000232. The molecule has 506 valence electrons. The van der Waals surface area contributed by atoms with E-state index in [4.69, 9.17) is 9.47 Å². The van der Waals surface area contributed by atoms with Gasteiger partial charge in [0.15, 0.2) is 4.90 Å². The average molecular weight is 1320 g/mol. The SMILES string of the molecule is CCc1cccc(-c2c(F)cccc2C(O)(CCCNC(=O)OC)[C@@H]2CCCN(C(=O)CC3CNCCO3)C2)c1.CCc1cccc(-c2c(F)cccc2C(O)(CCCNC(=O)OC)[C@@H]2CCCNC2)c1.O=C([O-])CC1CN(S(=O)(=O)c2ccccc2[N+](=O)[O-])CCO1.[Li+]. The topological polar surface area (TPSA) is 301 Å². The number of likely N-dealkylation sites (tertiary alicyclic amines) is 1. The molecule has 26 heteroatoms. The van der Waals surface area contributed by atoms with Gasteiger partial charge in [-0.2, -0.15) is 4.31 Å². The number of benzene rings is 5. The van der Waals surface area contributed by atoms with Gasteiger partial charge in [-0.05, 0) is 122 Å². The molecule has 6 N–H and O–H groups in total. The number of methoxy groups -OCH3 is 2. The fourth-order valence-corrected chi connectivity index (χ4v) is 14.3. The number of ether oxygens (including phenoxy) is 4. The Labute approximate surface area is 561 Å². The molecule has 94 heavy (non-hydrogen) atoms. The van der Waals surface area contributed by atoms with Crippen molar-refractivity contribution in [1.29, 1.82) is 0 Å². The van der Waals surface area contributed by atoms with Gasteiger partial charge in [-0.25, -0.2) is 26.8 Å². The summed E-state index contributed by atoms with van der Waals surface area (Å²) in [5.74, 6) is -2.45. The minimum absolute atomic E-state index is 0. The number of aliphatic hydroxyl groups is 2. The number of aliphatic carboxylic acids is 1. The molecule has 6 atom stereocenters. The number of nitrogens with zero attached hydrogens (tertiary/aromatic N) is 3. The van der Waals surface area contributed by atoms with E-state index < -0.39 is 73.2 Å². The van der Waals surface area contributed by atoms with Crippen LogP contribution >= 0.6 is 0 Å². The molecule has 3 amide bonds. The van der Waals surface area contributed by atoms with Crippen LogP contribution in [0.25, 0.3) is 22.3 Å². The summed E-state index contributed by atoms with van der Waals surface area (Å²) < 4.78 is 77.1. The van der Waals surface area contributed by atoms with Crippen LogP contribution in [0.2, 0.25) is 0 Å². The third-order valence-corrected chi connectivity index (χ3v) is 19.5. The van der Waals surface area contributed by atoms with Gasteiger partial charge < -0.3 is 65.2 Å². The maximum atomic E-state index is 15.6. The predicted octanol–water partition coefficient (Wildman–Crippen LogP) is 4.50. The largest absolute Gasteiger partial charge is 1.00 e. The zero-order chi connectivity index (χ0) is 67.1. The van der Waals surface area contributed by atoms with E-state index in [0.717, 1.165) is 78.3 Å². The van der Waals surface area contributed by atoms with Crippen LogP contribution in [-0.2, 0) is 62.6 Å². The molecule has 5 aromatic rings. The number of aryl methyl sites for hydroxylation is 2. The fraction of sp³-hybridized carbons (Fsp3) is 0.500. The number of halogens is 2. The molecule has 0 radical (unpaired) electrons. The quantitative estimate of drug-likeness (QED) is 0.0227. The van der Waals surface area contributed by atoms with Crippen LogP contribution in [0.4, 0.5) is 24.1 Å². The summed E-state index contributed by atoms with van der Waals surface area (Å²) in [6, 6.07) is 30.5. The van der Waals surface area contributed by atoms with Gasteiger partial charge in [-0.15, -0.1) is 0 Å². The molecule has 4 aliphatic rings. The van der Waals surface area contributed by atoms with E-state index in [0.29, 0.717) is 99.4 Å². The molecule has 0 aromatic heterocycles. The zero-order valence-electron chi connectivity index (χ0n) is 54.4. The van der Waals surface area contributed by atoms with Crippen molar-refractivity contribution in [2.45, 2.75) is 119 Å². The maximum absolute atomic E-state index is 15.6. The van der Waals surface area contributed by atoms with Crippen LogP contribution in [0.1, 0.15) is 100 Å². The second kappa shape index (κ2) is 36.8. The van der Waals surface area contributed by atoms with Crippen molar-refractivity contribution in [3.8, 4) is 22.3 Å². The summed E-state index contributed by atoms with van der Waals surface area (Å²) in [6.07, 6.45) is 4.41. The van der Waals surface area contributed by atoms with Gasteiger partial charge in [-0.1, -0.05) is 98.8 Å². The number of hydrogen-bond donors (Lipinski definition) is 6.